The highest BCUT2D eigenvalue weighted by molar-refractivity contribution is 7.98. The predicted molar refractivity (Wildman–Crippen MR) is 70.7 cm³/mol. The summed E-state index contributed by atoms with van der Waals surface area (Å²) in [7, 11) is 0. The smallest absolute Gasteiger partial charge is 0.223 e. The van der Waals surface area contributed by atoms with Crippen LogP contribution in [0.4, 0.5) is 5.95 Å². The Morgan fingerprint density at radius 3 is 2.94 bits per heavy atom. The molecule has 2 heterocycles. The lowest BCUT2D eigenvalue weighted by Crippen LogP contribution is -2.13. The standard InChI is InChI=1S/C12H15N3O2S/c1-8-3-4-10(17-8)9(16)7-14-12-13-6-5-11(15-12)18-2/h3-6,9,16H,7H2,1-2H3,(H,13,14,15). The minimum Gasteiger partial charge on any atom is -0.464 e. The molecule has 1 atom stereocenters. The van der Waals surface area contributed by atoms with Gasteiger partial charge in [-0.15, -0.1) is 11.8 Å². The van der Waals surface area contributed by atoms with Crippen molar-refractivity contribution in [3.8, 4) is 0 Å². The Labute approximate surface area is 110 Å². The van der Waals surface area contributed by atoms with E-state index < -0.39 is 6.10 Å². The lowest BCUT2D eigenvalue weighted by atomic mass is 10.3. The van der Waals surface area contributed by atoms with E-state index in [9.17, 15) is 5.11 Å². The average Bonchev–Trinajstić information content (AvgIpc) is 2.83. The van der Waals surface area contributed by atoms with Gasteiger partial charge in [0.1, 0.15) is 22.7 Å². The third kappa shape index (κ3) is 3.24. The van der Waals surface area contributed by atoms with E-state index in [0.29, 0.717) is 18.3 Å². The first-order valence-corrected chi connectivity index (χ1v) is 6.77. The maximum Gasteiger partial charge on any atom is 0.223 e. The SMILES string of the molecule is CSc1ccnc(NCC(O)c2ccc(C)o2)n1. The van der Waals surface area contributed by atoms with Crippen molar-refractivity contribution in [3.05, 3.63) is 35.9 Å². The largest absolute Gasteiger partial charge is 0.464 e. The first-order valence-electron chi connectivity index (χ1n) is 5.54. The van der Waals surface area contributed by atoms with E-state index in [2.05, 4.69) is 15.3 Å². The minimum atomic E-state index is -0.708. The Bertz CT molecular complexity index is 516. The summed E-state index contributed by atoms with van der Waals surface area (Å²) in [6, 6.07) is 5.42. The maximum atomic E-state index is 9.90. The summed E-state index contributed by atoms with van der Waals surface area (Å²) in [5.41, 5.74) is 0. The topological polar surface area (TPSA) is 71.2 Å². The molecule has 0 aliphatic rings. The van der Waals surface area contributed by atoms with Gasteiger partial charge >= 0.3 is 0 Å². The van der Waals surface area contributed by atoms with Crippen LogP contribution in [0.5, 0.6) is 0 Å². The Morgan fingerprint density at radius 1 is 1.44 bits per heavy atom. The summed E-state index contributed by atoms with van der Waals surface area (Å²) in [5, 5.41) is 13.8. The van der Waals surface area contributed by atoms with Crippen LogP contribution in [0.15, 0.2) is 33.8 Å². The van der Waals surface area contributed by atoms with E-state index in [0.717, 1.165) is 10.8 Å². The second kappa shape index (κ2) is 5.88. The number of furan rings is 1. The lowest BCUT2D eigenvalue weighted by molar-refractivity contribution is 0.161. The van der Waals surface area contributed by atoms with E-state index >= 15 is 0 Å². The van der Waals surface area contributed by atoms with Crippen molar-refractivity contribution in [2.75, 3.05) is 18.1 Å². The van der Waals surface area contributed by atoms with Gasteiger partial charge in [-0.2, -0.15) is 0 Å². The number of anilines is 1. The third-order valence-corrected chi connectivity index (χ3v) is 3.03. The predicted octanol–water partition coefficient (Wildman–Crippen LogP) is 2.25. The van der Waals surface area contributed by atoms with E-state index in [1.807, 2.05) is 25.3 Å². The number of aromatic nitrogens is 2. The van der Waals surface area contributed by atoms with Crippen LogP contribution in [0.1, 0.15) is 17.6 Å². The molecule has 0 spiro atoms. The number of nitrogens with zero attached hydrogens (tertiary/aromatic N) is 2. The number of aliphatic hydroxyl groups is 1. The Kier molecular flexibility index (Phi) is 4.22. The molecule has 0 aliphatic carbocycles. The number of aliphatic hydroxyl groups excluding tert-OH is 1. The molecule has 6 heteroatoms. The summed E-state index contributed by atoms with van der Waals surface area (Å²) in [4.78, 5) is 8.34. The Hall–Kier alpha value is -1.53. The number of nitrogens with one attached hydrogen (secondary N) is 1. The number of rotatable bonds is 5. The average molecular weight is 265 g/mol. The molecular formula is C12H15N3O2S. The molecule has 0 bridgehead atoms. The van der Waals surface area contributed by atoms with Crippen molar-refractivity contribution in [1.29, 1.82) is 0 Å². The molecule has 0 aromatic carbocycles. The van der Waals surface area contributed by atoms with Crippen LogP contribution in [-0.2, 0) is 0 Å². The van der Waals surface area contributed by atoms with Gasteiger partial charge < -0.3 is 14.8 Å². The molecule has 2 aromatic rings. The van der Waals surface area contributed by atoms with Crippen LogP contribution in [0.2, 0.25) is 0 Å². The highest BCUT2D eigenvalue weighted by atomic mass is 32.2. The molecular weight excluding hydrogens is 250 g/mol. The van der Waals surface area contributed by atoms with Gasteiger partial charge in [-0.1, -0.05) is 0 Å². The van der Waals surface area contributed by atoms with Gasteiger partial charge in [-0.05, 0) is 31.4 Å². The van der Waals surface area contributed by atoms with Gasteiger partial charge in [0.25, 0.3) is 0 Å². The molecule has 0 amide bonds. The van der Waals surface area contributed by atoms with Gasteiger partial charge in [-0.3, -0.25) is 0 Å². The van der Waals surface area contributed by atoms with Crippen LogP contribution in [0.25, 0.3) is 0 Å². The maximum absolute atomic E-state index is 9.90. The normalized spacial score (nSPS) is 12.4. The van der Waals surface area contributed by atoms with E-state index in [1.54, 1.807) is 24.0 Å². The zero-order valence-electron chi connectivity index (χ0n) is 10.3. The van der Waals surface area contributed by atoms with Crippen molar-refractivity contribution in [2.24, 2.45) is 0 Å². The first kappa shape index (κ1) is 12.9. The first-order chi connectivity index (χ1) is 8.69. The van der Waals surface area contributed by atoms with Crippen molar-refractivity contribution in [2.45, 2.75) is 18.1 Å². The quantitative estimate of drug-likeness (QED) is 0.638. The lowest BCUT2D eigenvalue weighted by Gasteiger charge is -2.09. The van der Waals surface area contributed by atoms with Crippen LogP contribution < -0.4 is 5.32 Å². The number of hydrogen-bond donors (Lipinski definition) is 2. The molecule has 18 heavy (non-hydrogen) atoms. The number of hydrogen-bond acceptors (Lipinski definition) is 6. The van der Waals surface area contributed by atoms with Crippen LogP contribution >= 0.6 is 11.8 Å². The summed E-state index contributed by atoms with van der Waals surface area (Å²) in [6.45, 7) is 2.15. The Balaban J connectivity index is 1.94. The molecule has 1 unspecified atom stereocenters. The Morgan fingerprint density at radius 2 is 2.28 bits per heavy atom. The highest BCUT2D eigenvalue weighted by Gasteiger charge is 2.11. The molecule has 5 nitrogen and oxygen atoms in total. The van der Waals surface area contributed by atoms with Crippen molar-refractivity contribution in [3.63, 3.8) is 0 Å². The van der Waals surface area contributed by atoms with Crippen LogP contribution in [0.3, 0.4) is 0 Å². The van der Waals surface area contributed by atoms with E-state index in [1.165, 1.54) is 0 Å². The highest BCUT2D eigenvalue weighted by Crippen LogP contribution is 2.17. The fourth-order valence-corrected chi connectivity index (χ4v) is 1.84. The zero-order chi connectivity index (χ0) is 13.0. The second-order valence-corrected chi connectivity index (χ2v) is 4.59. The summed E-state index contributed by atoms with van der Waals surface area (Å²) in [5.74, 6) is 1.83. The molecule has 0 aliphatic heterocycles. The van der Waals surface area contributed by atoms with Crippen molar-refractivity contribution < 1.29 is 9.52 Å². The van der Waals surface area contributed by atoms with E-state index in [-0.39, 0.29) is 0 Å². The molecule has 2 N–H and O–H groups in total. The fourth-order valence-electron chi connectivity index (χ4n) is 1.46. The third-order valence-electron chi connectivity index (χ3n) is 2.38. The van der Waals surface area contributed by atoms with Gasteiger partial charge in [0, 0.05) is 6.20 Å². The second-order valence-electron chi connectivity index (χ2n) is 3.77. The number of aryl methyl sites for hydroxylation is 1. The van der Waals surface area contributed by atoms with Crippen LogP contribution in [-0.4, -0.2) is 27.9 Å². The molecule has 0 saturated carbocycles. The monoisotopic (exact) mass is 265 g/mol. The molecule has 0 radical (unpaired) electrons. The number of thioether (sulfide) groups is 1. The van der Waals surface area contributed by atoms with Gasteiger partial charge in [0.05, 0.1) is 6.54 Å². The van der Waals surface area contributed by atoms with E-state index in [4.69, 9.17) is 4.42 Å². The molecule has 0 saturated heterocycles. The molecule has 2 aromatic heterocycles. The minimum absolute atomic E-state index is 0.310. The van der Waals surface area contributed by atoms with Gasteiger partial charge in [0.2, 0.25) is 5.95 Å². The summed E-state index contributed by atoms with van der Waals surface area (Å²) < 4.78 is 5.34. The fraction of sp³-hybridized carbons (Fsp3) is 0.333. The summed E-state index contributed by atoms with van der Waals surface area (Å²) in [6.07, 6.45) is 2.93. The van der Waals surface area contributed by atoms with Crippen LogP contribution in [0, 0.1) is 6.92 Å². The van der Waals surface area contributed by atoms with Gasteiger partial charge in [0.15, 0.2) is 0 Å². The molecule has 96 valence electrons. The zero-order valence-corrected chi connectivity index (χ0v) is 11.1. The van der Waals surface area contributed by atoms with Crippen molar-refractivity contribution >= 4 is 17.7 Å². The van der Waals surface area contributed by atoms with Crippen molar-refractivity contribution in [1.82, 2.24) is 9.97 Å². The molecule has 0 fully saturated rings. The van der Waals surface area contributed by atoms with Gasteiger partial charge in [-0.25, -0.2) is 9.97 Å². The molecule has 2 rings (SSSR count). The summed E-state index contributed by atoms with van der Waals surface area (Å²) >= 11 is 1.54.